The molecule has 94 valence electrons. The predicted molar refractivity (Wildman–Crippen MR) is 53.4 cm³/mol. The number of nitrogens with zero attached hydrogens (tertiary/aromatic N) is 1. The third-order valence-electron chi connectivity index (χ3n) is 2.91. The van der Waals surface area contributed by atoms with Gasteiger partial charge in [0, 0.05) is 4.75 Å². The maximum Gasteiger partial charge on any atom is 1.00 e. The number of carbonyl (C=O) groups is 3. The van der Waals surface area contributed by atoms with E-state index in [0.29, 0.717) is 0 Å². The number of carboxylic acids is 2. The van der Waals surface area contributed by atoms with Crippen molar-refractivity contribution in [3.05, 3.63) is 0 Å². The van der Waals surface area contributed by atoms with E-state index in [-0.39, 0.29) is 59.1 Å². The van der Waals surface area contributed by atoms with Crippen molar-refractivity contribution < 1.29 is 83.7 Å². The number of carbonyl (C=O) groups excluding carboxylic acids is 3. The molecule has 2 rings (SSSR count). The zero-order valence-electron chi connectivity index (χ0n) is 11.1. The van der Waals surface area contributed by atoms with Gasteiger partial charge in [0.2, 0.25) is 0 Å². The second kappa shape index (κ2) is 6.55. The van der Waals surface area contributed by atoms with Crippen LogP contribution < -0.4 is 74.6 Å². The minimum absolute atomic E-state index is 0. The number of hydrogen-bond acceptors (Lipinski definition) is 6. The second-order valence-electron chi connectivity index (χ2n) is 4.49. The Morgan fingerprint density at radius 1 is 1.26 bits per heavy atom. The first kappa shape index (κ1) is 19.6. The van der Waals surface area contributed by atoms with E-state index in [1.165, 1.54) is 0 Å². The number of nitrogens with one attached hydrogen (secondary N) is 1. The fraction of sp³-hybridized carbons (Fsp3) is 0.667. The van der Waals surface area contributed by atoms with Crippen LogP contribution in [0.5, 0.6) is 0 Å². The Kier molecular flexibility index (Phi) is 6.74. The first-order valence-electron chi connectivity index (χ1n) is 4.94. The van der Waals surface area contributed by atoms with E-state index in [0.717, 1.165) is 16.7 Å². The number of urea groups is 1. The molecule has 0 aromatic carbocycles. The Morgan fingerprint density at radius 2 is 1.79 bits per heavy atom. The molecule has 0 spiro atoms. The molecule has 0 aromatic rings. The van der Waals surface area contributed by atoms with Crippen molar-refractivity contribution in [1.82, 2.24) is 10.2 Å². The van der Waals surface area contributed by atoms with Crippen molar-refractivity contribution in [3.63, 3.8) is 0 Å². The summed E-state index contributed by atoms with van der Waals surface area (Å²) in [7, 11) is 0. The average molecular weight is 304 g/mol. The quantitative estimate of drug-likeness (QED) is 0.507. The van der Waals surface area contributed by atoms with Crippen LogP contribution >= 0.6 is 11.8 Å². The number of carboxylic acid groups (broad SMARTS) is 2. The van der Waals surface area contributed by atoms with Crippen molar-refractivity contribution in [2.75, 3.05) is 0 Å². The number of thioether (sulfide) groups is 1. The molecule has 3 atom stereocenters. The molecule has 0 saturated carbocycles. The molecule has 2 fully saturated rings. The standard InChI is InChI=1S/C9H12N2O5S.2Na/c1-9(2)4(7(14)15)11-5(17-9)3(6(12)13)10-8(11)16;;/h3-5H,1-2H3,(H,10,16)(H,12,13)(H,14,15);;/q;2*+1/p-2/t3?,4?,5-;;/m1../s1. The average Bonchev–Trinajstić information content (AvgIpc) is 2.59. The van der Waals surface area contributed by atoms with Crippen LogP contribution in [-0.2, 0) is 9.59 Å². The van der Waals surface area contributed by atoms with Crippen molar-refractivity contribution in [2.24, 2.45) is 0 Å². The van der Waals surface area contributed by atoms with E-state index >= 15 is 0 Å². The summed E-state index contributed by atoms with van der Waals surface area (Å²) >= 11 is 1.12. The monoisotopic (exact) mass is 304 g/mol. The first-order chi connectivity index (χ1) is 7.75. The van der Waals surface area contributed by atoms with E-state index in [2.05, 4.69) is 5.32 Å². The van der Waals surface area contributed by atoms with Gasteiger partial charge in [0.15, 0.2) is 0 Å². The number of aliphatic carboxylic acids is 2. The van der Waals surface area contributed by atoms with Crippen LogP contribution in [-0.4, -0.2) is 45.1 Å². The van der Waals surface area contributed by atoms with E-state index in [9.17, 15) is 24.6 Å². The van der Waals surface area contributed by atoms with Gasteiger partial charge in [-0.25, -0.2) is 4.79 Å². The molecule has 0 radical (unpaired) electrons. The first-order valence-corrected chi connectivity index (χ1v) is 5.82. The number of hydrogen-bond donors (Lipinski definition) is 1. The van der Waals surface area contributed by atoms with Crippen LogP contribution in [0.25, 0.3) is 0 Å². The van der Waals surface area contributed by atoms with Crippen LogP contribution in [0.15, 0.2) is 0 Å². The Balaban J connectivity index is 0.00000162. The van der Waals surface area contributed by atoms with Crippen molar-refractivity contribution in [3.8, 4) is 0 Å². The molecule has 0 aromatic heterocycles. The molecule has 7 nitrogen and oxygen atoms in total. The summed E-state index contributed by atoms with van der Waals surface area (Å²) in [5, 5.41) is 23.3. The maximum atomic E-state index is 11.6. The van der Waals surface area contributed by atoms with Crippen LogP contribution in [0, 0.1) is 0 Å². The maximum absolute atomic E-state index is 11.6. The molecule has 2 aliphatic rings. The van der Waals surface area contributed by atoms with Gasteiger partial charge in [0.05, 0.1) is 18.0 Å². The minimum Gasteiger partial charge on any atom is -0.548 e. The van der Waals surface area contributed by atoms with Gasteiger partial charge in [0.1, 0.15) is 11.4 Å². The third-order valence-corrected chi connectivity index (χ3v) is 4.48. The zero-order chi connectivity index (χ0) is 13.0. The predicted octanol–water partition coefficient (Wildman–Crippen LogP) is -8.89. The largest absolute Gasteiger partial charge is 1.00 e. The topological polar surface area (TPSA) is 113 Å². The smallest absolute Gasteiger partial charge is 0.548 e. The van der Waals surface area contributed by atoms with Crippen molar-refractivity contribution >= 4 is 29.7 Å². The summed E-state index contributed by atoms with van der Waals surface area (Å²) in [6.45, 7) is 3.27. The molecule has 0 bridgehead atoms. The van der Waals surface area contributed by atoms with Gasteiger partial charge in [-0.15, -0.1) is 11.8 Å². The van der Waals surface area contributed by atoms with Gasteiger partial charge < -0.3 is 30.0 Å². The van der Waals surface area contributed by atoms with Gasteiger partial charge in [0.25, 0.3) is 0 Å². The third kappa shape index (κ3) is 3.25. The van der Waals surface area contributed by atoms with Crippen LogP contribution in [0.1, 0.15) is 13.8 Å². The van der Waals surface area contributed by atoms with Crippen LogP contribution in [0.4, 0.5) is 4.79 Å². The molecule has 2 heterocycles. The fourth-order valence-corrected chi connectivity index (χ4v) is 3.83. The molecule has 2 unspecified atom stereocenters. The molecule has 2 saturated heterocycles. The van der Waals surface area contributed by atoms with Gasteiger partial charge in [-0.3, -0.25) is 0 Å². The van der Waals surface area contributed by atoms with E-state index in [4.69, 9.17) is 0 Å². The minimum atomic E-state index is -1.42. The second-order valence-corrected chi connectivity index (χ2v) is 6.26. The summed E-state index contributed by atoms with van der Waals surface area (Å²) in [5.74, 6) is -2.81. The van der Waals surface area contributed by atoms with E-state index in [1.807, 2.05) is 0 Å². The Hall–Kier alpha value is 0.560. The number of amides is 2. The van der Waals surface area contributed by atoms with Crippen molar-refractivity contribution in [1.29, 1.82) is 0 Å². The SMILES string of the molecule is CC1(C)S[C@@H]2C(C(=O)[O-])NC(=O)N2C1C(=O)[O-].[Na+].[Na+]. The molecular weight excluding hydrogens is 294 g/mol. The molecule has 1 N–H and O–H groups in total. The molecule has 2 aliphatic heterocycles. The number of fused-ring (bicyclic) bond motifs is 1. The van der Waals surface area contributed by atoms with Gasteiger partial charge in [-0.2, -0.15) is 0 Å². The normalized spacial score (nSPS) is 30.7. The van der Waals surface area contributed by atoms with Gasteiger partial charge >= 0.3 is 65.1 Å². The molecule has 10 heteroatoms. The summed E-state index contributed by atoms with van der Waals surface area (Å²) in [6, 6.07) is -3.06. The molecule has 2 amide bonds. The van der Waals surface area contributed by atoms with E-state index in [1.54, 1.807) is 13.8 Å². The van der Waals surface area contributed by atoms with Crippen molar-refractivity contribution in [2.45, 2.75) is 36.1 Å². The Labute approximate surface area is 158 Å². The summed E-state index contributed by atoms with van der Waals surface area (Å²) in [5.41, 5.74) is 0. The zero-order valence-corrected chi connectivity index (χ0v) is 15.9. The fourth-order valence-electron chi connectivity index (χ4n) is 2.23. The Morgan fingerprint density at radius 3 is 2.21 bits per heavy atom. The number of rotatable bonds is 2. The summed E-state index contributed by atoms with van der Waals surface area (Å²) < 4.78 is -0.797. The molecule has 0 aliphatic carbocycles. The summed E-state index contributed by atoms with van der Waals surface area (Å²) in [4.78, 5) is 34.5. The van der Waals surface area contributed by atoms with Crippen LogP contribution in [0.3, 0.4) is 0 Å². The molecule has 19 heavy (non-hydrogen) atoms. The van der Waals surface area contributed by atoms with E-state index < -0.39 is 40.2 Å². The summed E-state index contributed by atoms with van der Waals surface area (Å²) in [6.07, 6.45) is 0. The Bertz CT molecular complexity index is 419. The van der Waals surface area contributed by atoms with Gasteiger partial charge in [-0.05, 0) is 13.8 Å². The van der Waals surface area contributed by atoms with Gasteiger partial charge in [-0.1, -0.05) is 0 Å². The van der Waals surface area contributed by atoms with Crippen LogP contribution in [0.2, 0.25) is 0 Å². The molecular formula is C9H10N2Na2O5S.